The highest BCUT2D eigenvalue weighted by atomic mass is 16.4. The molecule has 110 valence electrons. The van der Waals surface area contributed by atoms with Gasteiger partial charge in [0.05, 0.1) is 5.69 Å². The Morgan fingerprint density at radius 3 is 2.20 bits per heavy atom. The summed E-state index contributed by atoms with van der Waals surface area (Å²) in [5.41, 5.74) is 0.710. The first-order valence-electron chi connectivity index (χ1n) is 6.92. The molecule has 1 aromatic rings. The smallest absolute Gasteiger partial charge is 0.291 e. The molecule has 20 heavy (non-hydrogen) atoms. The maximum absolute atomic E-state index is 12.5. The summed E-state index contributed by atoms with van der Waals surface area (Å²) in [6.45, 7) is 9.50. The first-order chi connectivity index (χ1) is 9.40. The van der Waals surface area contributed by atoms with Gasteiger partial charge in [-0.3, -0.25) is 9.59 Å². The molecule has 0 atom stereocenters. The maximum Gasteiger partial charge on any atom is 0.291 e. The van der Waals surface area contributed by atoms with Crippen LogP contribution in [-0.4, -0.2) is 52.8 Å². The minimum atomic E-state index is -0.127. The fraction of sp³-hybridized carbons (Fsp3) is 0.643. The Morgan fingerprint density at radius 2 is 1.70 bits per heavy atom. The Labute approximate surface area is 118 Å². The number of nitrogens with zero attached hydrogens (tertiary/aromatic N) is 3. The monoisotopic (exact) mass is 279 g/mol. The molecule has 0 saturated carbocycles. The van der Waals surface area contributed by atoms with Crippen LogP contribution in [0.2, 0.25) is 0 Å². The Balaban J connectivity index is 2.11. The van der Waals surface area contributed by atoms with E-state index in [0.29, 0.717) is 43.5 Å². The van der Waals surface area contributed by atoms with Gasteiger partial charge in [-0.15, -0.1) is 0 Å². The van der Waals surface area contributed by atoms with Crippen molar-refractivity contribution in [1.82, 2.24) is 14.8 Å². The summed E-state index contributed by atoms with van der Waals surface area (Å²) in [5, 5.41) is 0. The van der Waals surface area contributed by atoms with E-state index in [1.165, 1.54) is 0 Å². The van der Waals surface area contributed by atoms with Crippen molar-refractivity contribution < 1.29 is 14.0 Å². The van der Waals surface area contributed by atoms with Crippen LogP contribution in [0.3, 0.4) is 0 Å². The van der Waals surface area contributed by atoms with Gasteiger partial charge in [-0.2, -0.15) is 0 Å². The van der Waals surface area contributed by atoms with E-state index in [1.807, 2.05) is 13.8 Å². The molecule has 0 aliphatic carbocycles. The molecule has 0 radical (unpaired) electrons. The fourth-order valence-electron chi connectivity index (χ4n) is 2.36. The van der Waals surface area contributed by atoms with E-state index in [-0.39, 0.29) is 17.7 Å². The Bertz CT molecular complexity index is 514. The summed E-state index contributed by atoms with van der Waals surface area (Å²) in [7, 11) is 0. The van der Waals surface area contributed by atoms with Gasteiger partial charge in [-0.05, 0) is 5.92 Å². The van der Waals surface area contributed by atoms with Gasteiger partial charge in [0.1, 0.15) is 0 Å². The third kappa shape index (κ3) is 2.84. The summed E-state index contributed by atoms with van der Waals surface area (Å²) in [6, 6.07) is 0. The molecule has 2 rings (SSSR count). The maximum atomic E-state index is 12.5. The second kappa shape index (κ2) is 5.64. The summed E-state index contributed by atoms with van der Waals surface area (Å²) in [5.74, 6) is 0.922. The molecule has 1 fully saturated rings. The molecular weight excluding hydrogens is 258 g/mol. The zero-order valence-electron chi connectivity index (χ0n) is 12.5. The number of rotatable bonds is 2. The zero-order valence-corrected chi connectivity index (χ0v) is 12.5. The van der Waals surface area contributed by atoms with Gasteiger partial charge >= 0.3 is 0 Å². The van der Waals surface area contributed by atoms with Gasteiger partial charge in [0.2, 0.25) is 11.7 Å². The van der Waals surface area contributed by atoms with Crippen LogP contribution in [0, 0.1) is 6.92 Å². The Kier molecular flexibility index (Phi) is 4.11. The van der Waals surface area contributed by atoms with Gasteiger partial charge in [-0.1, -0.05) is 13.8 Å². The van der Waals surface area contributed by atoms with Crippen LogP contribution >= 0.6 is 0 Å². The first kappa shape index (κ1) is 14.6. The van der Waals surface area contributed by atoms with E-state index in [4.69, 9.17) is 4.42 Å². The Morgan fingerprint density at radius 1 is 1.15 bits per heavy atom. The lowest BCUT2D eigenvalue weighted by Gasteiger charge is -2.33. The highest BCUT2D eigenvalue weighted by Crippen LogP contribution is 2.21. The van der Waals surface area contributed by atoms with Crippen LogP contribution in [-0.2, 0) is 4.79 Å². The van der Waals surface area contributed by atoms with Crippen LogP contribution < -0.4 is 0 Å². The van der Waals surface area contributed by atoms with Crippen molar-refractivity contribution in [2.75, 3.05) is 26.2 Å². The minimum Gasteiger partial charge on any atom is -0.436 e. The molecule has 1 aliphatic rings. The van der Waals surface area contributed by atoms with Crippen molar-refractivity contribution in [2.45, 2.75) is 33.6 Å². The molecular formula is C14H21N3O3. The third-order valence-electron chi connectivity index (χ3n) is 3.51. The van der Waals surface area contributed by atoms with Gasteiger partial charge in [0.15, 0.2) is 5.89 Å². The quantitative estimate of drug-likeness (QED) is 0.821. The molecule has 0 bridgehead atoms. The second-order valence-electron chi connectivity index (χ2n) is 5.40. The summed E-state index contributed by atoms with van der Waals surface area (Å²) >= 11 is 0. The summed E-state index contributed by atoms with van der Waals surface area (Å²) in [6.07, 6.45) is 0. The van der Waals surface area contributed by atoms with Gasteiger partial charge in [0.25, 0.3) is 5.91 Å². The van der Waals surface area contributed by atoms with E-state index < -0.39 is 0 Å². The number of aromatic nitrogens is 1. The highest BCUT2D eigenvalue weighted by molar-refractivity contribution is 5.93. The lowest BCUT2D eigenvalue weighted by molar-refractivity contribution is -0.130. The van der Waals surface area contributed by atoms with Crippen LogP contribution in [0.5, 0.6) is 0 Å². The largest absolute Gasteiger partial charge is 0.436 e. The number of carbonyl (C=O) groups excluding carboxylic acids is 2. The molecule has 6 nitrogen and oxygen atoms in total. The molecule has 1 aromatic heterocycles. The number of oxazole rings is 1. The SMILES string of the molecule is CC(=O)N1CCN(C(=O)c2oc(C)nc2C(C)C)CC1. The lowest BCUT2D eigenvalue weighted by atomic mass is 10.1. The van der Waals surface area contributed by atoms with Crippen LogP contribution in [0.15, 0.2) is 4.42 Å². The average Bonchev–Trinajstić information content (AvgIpc) is 2.80. The molecule has 0 aromatic carbocycles. The molecule has 0 N–H and O–H groups in total. The van der Waals surface area contributed by atoms with E-state index in [9.17, 15) is 9.59 Å². The standard InChI is InChI=1S/C14H21N3O3/c1-9(2)12-13(20-10(3)15-12)14(19)17-7-5-16(6-8-17)11(4)18/h9H,5-8H2,1-4H3. The topological polar surface area (TPSA) is 66.7 Å². The predicted molar refractivity (Wildman–Crippen MR) is 73.5 cm³/mol. The number of aryl methyl sites for hydroxylation is 1. The molecule has 2 amide bonds. The highest BCUT2D eigenvalue weighted by Gasteiger charge is 2.28. The van der Waals surface area contributed by atoms with E-state index in [2.05, 4.69) is 4.98 Å². The van der Waals surface area contributed by atoms with Crippen molar-refractivity contribution in [1.29, 1.82) is 0 Å². The van der Waals surface area contributed by atoms with Crippen molar-refractivity contribution in [3.63, 3.8) is 0 Å². The van der Waals surface area contributed by atoms with Gasteiger partial charge in [-0.25, -0.2) is 4.98 Å². The van der Waals surface area contributed by atoms with Crippen LogP contribution in [0.25, 0.3) is 0 Å². The number of piperazine rings is 1. The molecule has 2 heterocycles. The van der Waals surface area contributed by atoms with Crippen LogP contribution in [0.1, 0.15) is 48.8 Å². The number of carbonyl (C=O) groups is 2. The van der Waals surface area contributed by atoms with Crippen molar-refractivity contribution in [3.8, 4) is 0 Å². The van der Waals surface area contributed by atoms with Crippen molar-refractivity contribution in [3.05, 3.63) is 17.3 Å². The van der Waals surface area contributed by atoms with E-state index >= 15 is 0 Å². The molecule has 0 spiro atoms. The van der Waals surface area contributed by atoms with Crippen molar-refractivity contribution in [2.24, 2.45) is 0 Å². The van der Waals surface area contributed by atoms with Gasteiger partial charge < -0.3 is 14.2 Å². The number of hydrogen-bond acceptors (Lipinski definition) is 4. The Hall–Kier alpha value is -1.85. The molecule has 6 heteroatoms. The molecule has 1 saturated heterocycles. The first-order valence-corrected chi connectivity index (χ1v) is 6.92. The van der Waals surface area contributed by atoms with Crippen molar-refractivity contribution >= 4 is 11.8 Å². The average molecular weight is 279 g/mol. The predicted octanol–water partition coefficient (Wildman–Crippen LogP) is 1.41. The normalized spacial score (nSPS) is 15.8. The van der Waals surface area contributed by atoms with E-state index in [1.54, 1.807) is 23.6 Å². The zero-order chi connectivity index (χ0) is 14.9. The van der Waals surface area contributed by atoms with Gasteiger partial charge in [0, 0.05) is 40.0 Å². The minimum absolute atomic E-state index is 0.0514. The number of amides is 2. The lowest BCUT2D eigenvalue weighted by Crippen LogP contribution is -2.50. The third-order valence-corrected chi connectivity index (χ3v) is 3.51. The number of hydrogen-bond donors (Lipinski definition) is 0. The fourth-order valence-corrected chi connectivity index (χ4v) is 2.36. The van der Waals surface area contributed by atoms with E-state index in [0.717, 1.165) is 0 Å². The molecule has 1 aliphatic heterocycles. The van der Waals surface area contributed by atoms with Crippen LogP contribution in [0.4, 0.5) is 0 Å². The summed E-state index contributed by atoms with van der Waals surface area (Å²) in [4.78, 5) is 31.6. The summed E-state index contributed by atoms with van der Waals surface area (Å²) < 4.78 is 5.48. The molecule has 0 unspecified atom stereocenters. The second-order valence-corrected chi connectivity index (χ2v) is 5.40.